The van der Waals surface area contributed by atoms with Crippen LogP contribution in [0, 0.1) is 4.77 Å². The predicted molar refractivity (Wildman–Crippen MR) is 105 cm³/mol. The fraction of sp³-hybridized carbons (Fsp3) is 0.0556. The minimum Gasteiger partial charge on any atom is -0.335 e. The third-order valence-corrected chi connectivity index (χ3v) is 4.84. The first kappa shape index (κ1) is 16.6. The number of nitrogens with two attached hydrogens (primary N) is 1. The van der Waals surface area contributed by atoms with Gasteiger partial charge in [0.1, 0.15) is 0 Å². The number of halogens is 1. The van der Waals surface area contributed by atoms with Crippen LogP contribution < -0.4 is 11.4 Å². The van der Waals surface area contributed by atoms with Crippen LogP contribution in [0.25, 0.3) is 22.0 Å². The van der Waals surface area contributed by atoms with Gasteiger partial charge >= 0.3 is 0 Å². The Bertz CT molecular complexity index is 1230. The van der Waals surface area contributed by atoms with E-state index in [1.54, 1.807) is 16.7 Å². The van der Waals surface area contributed by atoms with Crippen LogP contribution in [0.3, 0.4) is 0 Å². The normalized spacial score (nSPS) is 11.1. The molecule has 2 heterocycles. The number of nitrogens with zero attached hydrogens (tertiary/aromatic N) is 3. The molecule has 4 aromatic rings. The van der Waals surface area contributed by atoms with Crippen molar-refractivity contribution in [1.82, 2.24) is 19.4 Å². The quantitative estimate of drug-likeness (QED) is 0.420. The molecule has 6 nitrogen and oxygen atoms in total. The second-order valence-corrected chi connectivity index (χ2v) is 6.59. The van der Waals surface area contributed by atoms with E-state index in [4.69, 9.17) is 29.7 Å². The average Bonchev–Trinajstić information content (AvgIpc) is 2.96. The average molecular weight is 384 g/mol. The summed E-state index contributed by atoms with van der Waals surface area (Å²) >= 11 is 11.5. The van der Waals surface area contributed by atoms with E-state index in [2.05, 4.69) is 10.2 Å². The van der Waals surface area contributed by atoms with Crippen LogP contribution in [0.4, 0.5) is 0 Å². The zero-order chi connectivity index (χ0) is 18.3. The Hall–Kier alpha value is -2.90. The van der Waals surface area contributed by atoms with Gasteiger partial charge in [0, 0.05) is 11.5 Å². The smallest absolute Gasteiger partial charge is 0.252 e. The summed E-state index contributed by atoms with van der Waals surface area (Å²) in [5.74, 6) is 6.31. The second kappa shape index (κ2) is 6.44. The molecule has 0 atom stereocenters. The number of rotatable bonds is 3. The standard InChI is InChI=1S/C18H14ClN5OS/c19-14-8-4-7-12-13(11-5-2-1-3-6-11)9-16(25)23(17(12)14)10-15-21-22-18(26)24(15)20/h1-9H,10,20H2,(H,22,26). The number of para-hydroxylation sites is 1. The number of aromatic amines is 1. The number of nitrogen functional groups attached to an aromatic ring is 1. The molecule has 0 saturated carbocycles. The van der Waals surface area contributed by atoms with Crippen molar-refractivity contribution in [3.8, 4) is 11.1 Å². The molecule has 0 spiro atoms. The highest BCUT2D eigenvalue weighted by atomic mass is 35.5. The van der Waals surface area contributed by atoms with Crippen molar-refractivity contribution in [3.63, 3.8) is 0 Å². The number of hydrogen-bond acceptors (Lipinski definition) is 4. The van der Waals surface area contributed by atoms with Crippen LogP contribution in [0.15, 0.2) is 59.4 Å². The Balaban J connectivity index is 2.01. The van der Waals surface area contributed by atoms with Crippen molar-refractivity contribution in [2.24, 2.45) is 0 Å². The third-order valence-electron chi connectivity index (χ3n) is 4.24. The summed E-state index contributed by atoms with van der Waals surface area (Å²) in [7, 11) is 0. The minimum atomic E-state index is -0.196. The minimum absolute atomic E-state index is 0.151. The van der Waals surface area contributed by atoms with E-state index >= 15 is 0 Å². The van der Waals surface area contributed by atoms with Gasteiger partial charge in [-0.05, 0) is 29.4 Å². The zero-order valence-corrected chi connectivity index (χ0v) is 15.1. The molecule has 0 aliphatic heterocycles. The predicted octanol–water partition coefficient (Wildman–Crippen LogP) is 3.34. The fourth-order valence-electron chi connectivity index (χ4n) is 3.00. The molecule has 0 unspecified atom stereocenters. The zero-order valence-electron chi connectivity index (χ0n) is 13.5. The molecule has 3 N–H and O–H groups in total. The molecular formula is C18H14ClN5OS. The molecule has 26 heavy (non-hydrogen) atoms. The number of benzene rings is 2. The number of pyridine rings is 1. The molecule has 0 bridgehead atoms. The van der Waals surface area contributed by atoms with E-state index < -0.39 is 0 Å². The molecule has 0 aliphatic rings. The lowest BCUT2D eigenvalue weighted by molar-refractivity contribution is 0.712. The number of fused-ring (bicyclic) bond motifs is 1. The topological polar surface area (TPSA) is 81.6 Å². The van der Waals surface area contributed by atoms with Crippen molar-refractivity contribution < 1.29 is 0 Å². The van der Waals surface area contributed by atoms with Crippen LogP contribution in [0.5, 0.6) is 0 Å². The summed E-state index contributed by atoms with van der Waals surface area (Å²) in [5, 5.41) is 8.06. The molecule has 0 radical (unpaired) electrons. The van der Waals surface area contributed by atoms with E-state index in [-0.39, 0.29) is 16.9 Å². The van der Waals surface area contributed by atoms with Crippen molar-refractivity contribution >= 4 is 34.7 Å². The van der Waals surface area contributed by atoms with Gasteiger partial charge in [-0.25, -0.2) is 4.68 Å². The molecule has 0 saturated heterocycles. The van der Waals surface area contributed by atoms with Gasteiger partial charge in [0.25, 0.3) is 5.56 Å². The molecule has 2 aromatic carbocycles. The maximum atomic E-state index is 12.9. The molecule has 130 valence electrons. The molecular weight excluding hydrogens is 370 g/mol. The number of aromatic nitrogens is 4. The maximum absolute atomic E-state index is 12.9. The summed E-state index contributed by atoms with van der Waals surface area (Å²) in [4.78, 5) is 12.9. The summed E-state index contributed by atoms with van der Waals surface area (Å²) in [5.41, 5.74) is 2.22. The lowest BCUT2D eigenvalue weighted by Gasteiger charge is -2.14. The van der Waals surface area contributed by atoms with Gasteiger partial charge in [-0.1, -0.05) is 54.1 Å². The van der Waals surface area contributed by atoms with Crippen molar-refractivity contribution in [1.29, 1.82) is 0 Å². The first-order valence-electron chi connectivity index (χ1n) is 7.85. The van der Waals surface area contributed by atoms with Crippen LogP contribution in [0.1, 0.15) is 5.82 Å². The first-order valence-corrected chi connectivity index (χ1v) is 8.64. The second-order valence-electron chi connectivity index (χ2n) is 5.80. The monoisotopic (exact) mass is 383 g/mol. The van der Waals surface area contributed by atoms with Gasteiger partial charge < -0.3 is 5.84 Å². The van der Waals surface area contributed by atoms with Crippen LogP contribution >= 0.6 is 23.8 Å². The molecule has 2 aromatic heterocycles. The third kappa shape index (κ3) is 2.71. The fourth-order valence-corrected chi connectivity index (χ4v) is 3.43. The van der Waals surface area contributed by atoms with Crippen LogP contribution in [0.2, 0.25) is 5.02 Å². The number of nitrogens with one attached hydrogen (secondary N) is 1. The van der Waals surface area contributed by atoms with Gasteiger partial charge in [0.2, 0.25) is 4.77 Å². The Kier molecular flexibility index (Phi) is 4.10. The lowest BCUT2D eigenvalue weighted by Crippen LogP contribution is -2.24. The Morgan fingerprint density at radius 3 is 2.62 bits per heavy atom. The largest absolute Gasteiger partial charge is 0.335 e. The van der Waals surface area contributed by atoms with Gasteiger partial charge in [0.15, 0.2) is 5.82 Å². The summed E-state index contributed by atoms with van der Waals surface area (Å²) in [6.45, 7) is 0.151. The van der Waals surface area contributed by atoms with Crippen LogP contribution in [-0.2, 0) is 6.54 Å². The molecule has 0 amide bonds. The lowest BCUT2D eigenvalue weighted by atomic mass is 10.0. The maximum Gasteiger partial charge on any atom is 0.252 e. The van der Waals surface area contributed by atoms with Crippen LogP contribution in [-0.4, -0.2) is 19.4 Å². The molecule has 8 heteroatoms. The summed E-state index contributed by atoms with van der Waals surface area (Å²) in [6, 6.07) is 16.9. The Morgan fingerprint density at radius 2 is 1.92 bits per heavy atom. The summed E-state index contributed by atoms with van der Waals surface area (Å²) in [6.07, 6.45) is 0. The van der Waals surface area contributed by atoms with E-state index in [1.807, 2.05) is 42.5 Å². The SMILES string of the molecule is Nn1c(Cn2c(=O)cc(-c3ccccc3)c3cccc(Cl)c32)n[nH]c1=S. The van der Waals surface area contributed by atoms with Crippen molar-refractivity contribution in [2.75, 3.05) is 5.84 Å². The van der Waals surface area contributed by atoms with Gasteiger partial charge in [0.05, 0.1) is 17.1 Å². The van der Waals surface area contributed by atoms with Gasteiger partial charge in [-0.15, -0.1) is 0 Å². The Labute approximate surface area is 158 Å². The van der Waals surface area contributed by atoms with Gasteiger partial charge in [-0.3, -0.25) is 14.5 Å². The van der Waals surface area contributed by atoms with E-state index in [1.165, 1.54) is 4.68 Å². The van der Waals surface area contributed by atoms with E-state index in [0.29, 0.717) is 16.4 Å². The molecule has 0 aliphatic carbocycles. The van der Waals surface area contributed by atoms with E-state index in [9.17, 15) is 4.79 Å². The highest BCUT2D eigenvalue weighted by molar-refractivity contribution is 7.71. The number of H-pyrrole nitrogens is 1. The Morgan fingerprint density at radius 1 is 1.15 bits per heavy atom. The first-order chi connectivity index (χ1) is 12.6. The van der Waals surface area contributed by atoms with Crippen molar-refractivity contribution in [2.45, 2.75) is 6.54 Å². The van der Waals surface area contributed by atoms with Crippen molar-refractivity contribution in [3.05, 3.63) is 80.6 Å². The molecule has 0 fully saturated rings. The summed E-state index contributed by atoms with van der Waals surface area (Å²) < 4.78 is 3.08. The van der Waals surface area contributed by atoms with Gasteiger partial charge in [-0.2, -0.15) is 5.10 Å². The van der Waals surface area contributed by atoms with E-state index in [0.717, 1.165) is 16.5 Å². The highest BCUT2D eigenvalue weighted by Crippen LogP contribution is 2.31. The molecule has 4 rings (SSSR count). The number of hydrogen-bond donors (Lipinski definition) is 2. The highest BCUT2D eigenvalue weighted by Gasteiger charge is 2.15.